The molecule has 0 saturated heterocycles. The predicted octanol–water partition coefficient (Wildman–Crippen LogP) is 1.40. The zero-order valence-corrected chi connectivity index (χ0v) is 11.6. The molecule has 1 fully saturated rings. The van der Waals surface area contributed by atoms with Crippen LogP contribution in [0.1, 0.15) is 36.0 Å². The van der Waals surface area contributed by atoms with E-state index in [4.69, 9.17) is 4.42 Å². The van der Waals surface area contributed by atoms with Crippen LogP contribution in [0.4, 0.5) is 0 Å². The van der Waals surface area contributed by atoms with Crippen molar-refractivity contribution >= 4 is 17.0 Å². The number of oxazole rings is 1. The number of benzene rings is 1. The highest BCUT2D eigenvalue weighted by atomic mass is 16.4. The Kier molecular flexibility index (Phi) is 3.79. The number of fused-ring (bicyclic) bond motifs is 1. The highest BCUT2D eigenvalue weighted by Crippen LogP contribution is 2.24. The minimum absolute atomic E-state index is 0.102. The van der Waals surface area contributed by atoms with E-state index in [-0.39, 0.29) is 17.9 Å². The molecule has 1 aliphatic rings. The summed E-state index contributed by atoms with van der Waals surface area (Å²) in [5.74, 6) is -0.742. The summed E-state index contributed by atoms with van der Waals surface area (Å²) in [7, 11) is 0. The predicted molar refractivity (Wildman–Crippen MR) is 77.1 cm³/mol. The van der Waals surface area contributed by atoms with Crippen LogP contribution in [0, 0.1) is 5.92 Å². The largest absolute Gasteiger partial charge is 0.417 e. The molecule has 2 atom stereocenters. The standard InChI is InChI=1S/C15H18N2O4/c18-11-6-2-1-4-9(11)8-16-14(19)10-5-3-7-12-13(10)17-15(20)21-12/h3,5,7,9,11,18H,1-2,4,6,8H2,(H,16,19)(H,17,20)/t9-,11+/m1/s1. The highest BCUT2D eigenvalue weighted by Gasteiger charge is 2.24. The fourth-order valence-electron chi connectivity index (χ4n) is 2.91. The molecule has 0 bridgehead atoms. The lowest BCUT2D eigenvalue weighted by atomic mass is 9.86. The van der Waals surface area contributed by atoms with Crippen LogP contribution in [0.5, 0.6) is 0 Å². The Morgan fingerprint density at radius 2 is 2.19 bits per heavy atom. The van der Waals surface area contributed by atoms with Crippen molar-refractivity contribution in [2.75, 3.05) is 6.54 Å². The molecule has 1 amide bonds. The minimum atomic E-state index is -0.576. The molecular weight excluding hydrogens is 272 g/mol. The van der Waals surface area contributed by atoms with Crippen molar-refractivity contribution in [1.82, 2.24) is 10.3 Å². The number of aromatic amines is 1. The van der Waals surface area contributed by atoms with E-state index in [1.54, 1.807) is 18.2 Å². The number of para-hydroxylation sites is 1. The summed E-state index contributed by atoms with van der Waals surface area (Å²) in [6.07, 6.45) is 3.51. The maximum absolute atomic E-state index is 12.3. The molecule has 0 spiro atoms. The molecule has 1 aromatic carbocycles. The van der Waals surface area contributed by atoms with Crippen LogP contribution in [0.15, 0.2) is 27.4 Å². The van der Waals surface area contributed by atoms with Gasteiger partial charge < -0.3 is 14.8 Å². The number of nitrogens with one attached hydrogen (secondary N) is 2. The number of amides is 1. The van der Waals surface area contributed by atoms with Gasteiger partial charge in [-0.25, -0.2) is 4.79 Å². The van der Waals surface area contributed by atoms with Gasteiger partial charge in [0.25, 0.3) is 5.91 Å². The number of hydrogen-bond acceptors (Lipinski definition) is 4. The molecule has 0 radical (unpaired) electrons. The number of aromatic nitrogens is 1. The van der Waals surface area contributed by atoms with Crippen molar-refractivity contribution in [3.8, 4) is 0 Å². The van der Waals surface area contributed by atoms with Crippen LogP contribution in [0.25, 0.3) is 11.1 Å². The van der Waals surface area contributed by atoms with Crippen LogP contribution in [0.2, 0.25) is 0 Å². The molecule has 1 saturated carbocycles. The van der Waals surface area contributed by atoms with E-state index in [1.165, 1.54) is 0 Å². The van der Waals surface area contributed by atoms with Gasteiger partial charge in [0.2, 0.25) is 0 Å². The maximum atomic E-state index is 12.3. The van der Waals surface area contributed by atoms with Gasteiger partial charge in [0.1, 0.15) is 0 Å². The summed E-state index contributed by atoms with van der Waals surface area (Å²) < 4.78 is 4.94. The first-order chi connectivity index (χ1) is 10.1. The fraction of sp³-hybridized carbons (Fsp3) is 0.467. The lowest BCUT2D eigenvalue weighted by Gasteiger charge is -2.27. The second-order valence-electron chi connectivity index (χ2n) is 5.52. The number of carbonyl (C=O) groups is 1. The zero-order valence-electron chi connectivity index (χ0n) is 11.6. The molecule has 3 rings (SSSR count). The van der Waals surface area contributed by atoms with E-state index in [9.17, 15) is 14.7 Å². The van der Waals surface area contributed by atoms with Crippen molar-refractivity contribution in [3.05, 3.63) is 34.3 Å². The van der Waals surface area contributed by atoms with Gasteiger partial charge >= 0.3 is 5.76 Å². The van der Waals surface area contributed by atoms with Gasteiger partial charge in [-0.05, 0) is 25.0 Å². The van der Waals surface area contributed by atoms with Crippen LogP contribution >= 0.6 is 0 Å². The van der Waals surface area contributed by atoms with Gasteiger partial charge in [-0.1, -0.05) is 18.9 Å². The normalized spacial score (nSPS) is 22.3. The topological polar surface area (TPSA) is 95.3 Å². The minimum Gasteiger partial charge on any atom is -0.408 e. The van der Waals surface area contributed by atoms with Gasteiger partial charge in [-0.3, -0.25) is 9.78 Å². The van der Waals surface area contributed by atoms with E-state index < -0.39 is 5.76 Å². The first kappa shape index (κ1) is 13.9. The van der Waals surface area contributed by atoms with Crippen LogP contribution in [0.3, 0.4) is 0 Å². The molecule has 21 heavy (non-hydrogen) atoms. The molecule has 6 heteroatoms. The number of H-pyrrole nitrogens is 1. The summed E-state index contributed by atoms with van der Waals surface area (Å²) in [6, 6.07) is 4.94. The van der Waals surface area contributed by atoms with E-state index in [0.717, 1.165) is 25.7 Å². The monoisotopic (exact) mass is 290 g/mol. The molecule has 2 aromatic rings. The number of aliphatic hydroxyl groups excluding tert-OH is 1. The highest BCUT2D eigenvalue weighted by molar-refractivity contribution is 6.04. The first-order valence-electron chi connectivity index (χ1n) is 7.23. The van der Waals surface area contributed by atoms with Crippen molar-refractivity contribution < 1.29 is 14.3 Å². The Balaban J connectivity index is 1.73. The van der Waals surface area contributed by atoms with Crippen LogP contribution in [-0.2, 0) is 0 Å². The molecule has 1 aromatic heterocycles. The van der Waals surface area contributed by atoms with Crippen molar-refractivity contribution in [3.63, 3.8) is 0 Å². The Morgan fingerprint density at radius 3 is 3.00 bits per heavy atom. The van der Waals surface area contributed by atoms with Crippen LogP contribution < -0.4 is 11.1 Å². The van der Waals surface area contributed by atoms with E-state index in [1.807, 2.05) is 0 Å². The van der Waals surface area contributed by atoms with Gasteiger partial charge in [-0.15, -0.1) is 0 Å². The SMILES string of the molecule is O=C(NC[C@H]1CCCC[C@@H]1O)c1cccc2oc(=O)[nH]c12. The Bertz CT molecular complexity index is 703. The summed E-state index contributed by atoms with van der Waals surface area (Å²) in [4.78, 5) is 26.0. The maximum Gasteiger partial charge on any atom is 0.417 e. The Morgan fingerprint density at radius 1 is 1.38 bits per heavy atom. The third-order valence-corrected chi connectivity index (χ3v) is 4.09. The van der Waals surface area contributed by atoms with Crippen molar-refractivity contribution in [1.29, 1.82) is 0 Å². The lowest BCUT2D eigenvalue weighted by Crippen LogP contribution is -2.36. The molecule has 0 aliphatic heterocycles. The summed E-state index contributed by atoms with van der Waals surface area (Å²) in [5.41, 5.74) is 1.15. The third kappa shape index (κ3) is 2.85. The van der Waals surface area contributed by atoms with Gasteiger partial charge in [-0.2, -0.15) is 0 Å². The second kappa shape index (κ2) is 5.73. The number of aliphatic hydroxyl groups is 1. The molecule has 0 unspecified atom stereocenters. The molecule has 112 valence electrons. The van der Waals surface area contributed by atoms with E-state index in [0.29, 0.717) is 23.2 Å². The Hall–Kier alpha value is -2.08. The molecular formula is C15H18N2O4. The number of rotatable bonds is 3. The first-order valence-corrected chi connectivity index (χ1v) is 7.23. The molecule has 1 heterocycles. The number of carbonyl (C=O) groups excluding carboxylic acids is 1. The average Bonchev–Trinajstić information content (AvgIpc) is 2.86. The van der Waals surface area contributed by atoms with Gasteiger partial charge in [0, 0.05) is 12.5 Å². The molecule has 6 nitrogen and oxygen atoms in total. The zero-order chi connectivity index (χ0) is 14.8. The quantitative estimate of drug-likeness (QED) is 0.796. The lowest BCUT2D eigenvalue weighted by molar-refractivity contribution is 0.0663. The van der Waals surface area contributed by atoms with Crippen molar-refractivity contribution in [2.45, 2.75) is 31.8 Å². The fourth-order valence-corrected chi connectivity index (χ4v) is 2.91. The molecule has 1 aliphatic carbocycles. The second-order valence-corrected chi connectivity index (χ2v) is 5.52. The molecule has 3 N–H and O–H groups in total. The number of hydrogen-bond donors (Lipinski definition) is 3. The Labute approximate surface area is 121 Å². The average molecular weight is 290 g/mol. The van der Waals surface area contributed by atoms with Gasteiger partial charge in [0.15, 0.2) is 5.58 Å². The van der Waals surface area contributed by atoms with E-state index in [2.05, 4.69) is 10.3 Å². The van der Waals surface area contributed by atoms with Crippen molar-refractivity contribution in [2.24, 2.45) is 5.92 Å². The smallest absolute Gasteiger partial charge is 0.408 e. The van der Waals surface area contributed by atoms with Gasteiger partial charge in [0.05, 0.1) is 17.2 Å². The summed E-state index contributed by atoms with van der Waals surface area (Å²) in [6.45, 7) is 0.443. The third-order valence-electron chi connectivity index (χ3n) is 4.09. The summed E-state index contributed by atoms with van der Waals surface area (Å²) in [5, 5.41) is 12.8. The summed E-state index contributed by atoms with van der Waals surface area (Å²) >= 11 is 0. The van der Waals surface area contributed by atoms with Crippen LogP contribution in [-0.4, -0.2) is 28.6 Å². The van der Waals surface area contributed by atoms with E-state index >= 15 is 0 Å².